The molecule has 0 fully saturated rings. The smallest absolute Gasteiger partial charge is 0.407 e. The van der Waals surface area contributed by atoms with Crippen molar-refractivity contribution < 1.29 is 14.5 Å². The third-order valence-electron chi connectivity index (χ3n) is 3.90. The lowest BCUT2D eigenvalue weighted by atomic mass is 10.1. The first-order valence-corrected chi connectivity index (χ1v) is 8.60. The topological polar surface area (TPSA) is 94.4 Å². The van der Waals surface area contributed by atoms with Crippen molar-refractivity contribution in [3.8, 4) is 11.8 Å². The molecular weight excluding hydrogens is 358 g/mol. The van der Waals surface area contributed by atoms with Gasteiger partial charge in [0.05, 0.1) is 21.4 Å². The Kier molecular flexibility index (Phi) is 6.16. The lowest BCUT2D eigenvalue weighted by molar-refractivity contribution is -0.383. The minimum atomic E-state index is -0.506. The zero-order valence-corrected chi connectivity index (χ0v) is 14.9. The quantitative estimate of drug-likeness (QED) is 0.317. The maximum absolute atomic E-state index is 11.7. The molecule has 0 spiro atoms. The van der Waals surface area contributed by atoms with E-state index in [1.807, 2.05) is 30.3 Å². The molecule has 0 radical (unpaired) electrons. The number of hydrogen-bond donors (Lipinski definition) is 1. The number of benzene rings is 2. The fourth-order valence-corrected chi connectivity index (χ4v) is 2.58. The Labute approximate surface area is 161 Å². The number of hydrogen-bond acceptors (Lipinski definition) is 5. The molecule has 3 rings (SSSR count). The van der Waals surface area contributed by atoms with Crippen LogP contribution in [-0.4, -0.2) is 22.5 Å². The number of nitro benzene ring substituents is 1. The molecule has 0 atom stereocenters. The third kappa shape index (κ3) is 4.83. The molecule has 7 nitrogen and oxygen atoms in total. The van der Waals surface area contributed by atoms with Crippen molar-refractivity contribution in [2.24, 2.45) is 0 Å². The van der Waals surface area contributed by atoms with Crippen molar-refractivity contribution in [3.05, 3.63) is 82.0 Å². The monoisotopic (exact) mass is 375 g/mol. The number of carbonyl (C=O) groups is 1. The molecule has 0 unspecified atom stereocenters. The summed E-state index contributed by atoms with van der Waals surface area (Å²) < 4.78 is 5.11. The van der Waals surface area contributed by atoms with Gasteiger partial charge >= 0.3 is 6.09 Å². The zero-order chi connectivity index (χ0) is 19.8. The number of aromatic nitrogens is 1. The van der Waals surface area contributed by atoms with E-state index in [-0.39, 0.29) is 12.3 Å². The molecule has 28 heavy (non-hydrogen) atoms. The molecule has 7 heteroatoms. The number of non-ortho nitro benzene ring substituents is 1. The van der Waals surface area contributed by atoms with Gasteiger partial charge in [-0.1, -0.05) is 42.2 Å². The van der Waals surface area contributed by atoms with Crippen molar-refractivity contribution in [3.63, 3.8) is 0 Å². The van der Waals surface area contributed by atoms with E-state index in [4.69, 9.17) is 4.74 Å². The number of alkyl carbamates (subject to hydrolysis) is 1. The van der Waals surface area contributed by atoms with Crippen LogP contribution >= 0.6 is 0 Å². The first-order valence-electron chi connectivity index (χ1n) is 8.60. The standard InChI is InChI=1S/C21H17N3O4/c25-21(28-15-16-7-2-1-3-8-16)23-13-5-4-9-17-11-12-19(24(26)27)18-10-6-14-22-20(17)18/h1-3,6-8,10-12,14H,5,13,15H2,(H,23,25). The molecule has 1 aromatic heterocycles. The molecule has 0 saturated carbocycles. The predicted molar refractivity (Wildman–Crippen MR) is 105 cm³/mol. The van der Waals surface area contributed by atoms with Gasteiger partial charge in [-0.2, -0.15) is 0 Å². The molecule has 1 amide bonds. The SMILES string of the molecule is O=C(NCCC#Cc1ccc([N+](=O)[O-])c2cccnc12)OCc1ccccc1. The summed E-state index contributed by atoms with van der Waals surface area (Å²) in [5, 5.41) is 14.2. The van der Waals surface area contributed by atoms with Crippen LogP contribution in [0.25, 0.3) is 10.9 Å². The van der Waals surface area contributed by atoms with Crippen LogP contribution in [0.4, 0.5) is 10.5 Å². The van der Waals surface area contributed by atoms with E-state index in [1.54, 1.807) is 24.4 Å². The van der Waals surface area contributed by atoms with Gasteiger partial charge in [-0.15, -0.1) is 0 Å². The number of fused-ring (bicyclic) bond motifs is 1. The van der Waals surface area contributed by atoms with Crippen molar-refractivity contribution in [1.29, 1.82) is 0 Å². The predicted octanol–water partition coefficient (Wildman–Crippen LogP) is 3.81. The average Bonchev–Trinajstić information content (AvgIpc) is 2.72. The maximum atomic E-state index is 11.7. The molecule has 3 aromatic rings. The van der Waals surface area contributed by atoms with Gasteiger partial charge in [0.1, 0.15) is 6.61 Å². The second-order valence-electron chi connectivity index (χ2n) is 5.83. The highest BCUT2D eigenvalue weighted by Crippen LogP contribution is 2.26. The van der Waals surface area contributed by atoms with E-state index >= 15 is 0 Å². The maximum Gasteiger partial charge on any atom is 0.407 e. The van der Waals surface area contributed by atoms with E-state index in [1.165, 1.54) is 6.07 Å². The minimum Gasteiger partial charge on any atom is -0.445 e. The summed E-state index contributed by atoms with van der Waals surface area (Å²) >= 11 is 0. The number of amides is 1. The van der Waals surface area contributed by atoms with Crippen LogP contribution in [0, 0.1) is 22.0 Å². The Bertz CT molecular complexity index is 1060. The summed E-state index contributed by atoms with van der Waals surface area (Å²) in [6.07, 6.45) is 1.47. The fraction of sp³-hybridized carbons (Fsp3) is 0.143. The summed E-state index contributed by atoms with van der Waals surface area (Å²) in [5.41, 5.74) is 2.00. The first-order chi connectivity index (χ1) is 13.6. The second kappa shape index (κ2) is 9.14. The summed E-state index contributed by atoms with van der Waals surface area (Å²) in [5.74, 6) is 5.90. The number of nitro groups is 1. The molecule has 0 bridgehead atoms. The summed E-state index contributed by atoms with van der Waals surface area (Å²) in [7, 11) is 0. The first kappa shape index (κ1) is 18.9. The van der Waals surface area contributed by atoms with Crippen LogP contribution < -0.4 is 5.32 Å². The van der Waals surface area contributed by atoms with Crippen LogP contribution in [-0.2, 0) is 11.3 Å². The summed E-state index contributed by atoms with van der Waals surface area (Å²) in [6.45, 7) is 0.539. The van der Waals surface area contributed by atoms with Crippen LogP contribution in [0.3, 0.4) is 0 Å². The molecule has 2 aromatic carbocycles. The summed E-state index contributed by atoms with van der Waals surface area (Å²) in [6, 6.07) is 15.7. The number of ether oxygens (including phenoxy) is 1. The van der Waals surface area contributed by atoms with Gasteiger partial charge in [-0.05, 0) is 23.8 Å². The highest BCUT2D eigenvalue weighted by molar-refractivity contribution is 5.92. The lowest BCUT2D eigenvalue weighted by Crippen LogP contribution is -2.24. The second-order valence-corrected chi connectivity index (χ2v) is 5.83. The van der Waals surface area contributed by atoms with Gasteiger partial charge in [0.25, 0.3) is 5.69 Å². The molecule has 0 saturated heterocycles. The number of rotatable bonds is 5. The number of nitrogens with zero attached hydrogens (tertiary/aromatic N) is 2. The largest absolute Gasteiger partial charge is 0.445 e. The van der Waals surface area contributed by atoms with Crippen molar-refractivity contribution in [2.75, 3.05) is 6.54 Å². The van der Waals surface area contributed by atoms with Crippen molar-refractivity contribution in [1.82, 2.24) is 10.3 Å². The third-order valence-corrected chi connectivity index (χ3v) is 3.90. The normalized spacial score (nSPS) is 10.0. The number of carbonyl (C=O) groups excluding carboxylic acids is 1. The summed E-state index contributed by atoms with van der Waals surface area (Å²) in [4.78, 5) is 26.6. The average molecular weight is 375 g/mol. The fourth-order valence-electron chi connectivity index (χ4n) is 2.58. The molecule has 1 N–H and O–H groups in total. The van der Waals surface area contributed by atoms with Gasteiger partial charge in [-0.25, -0.2) is 4.79 Å². The Morgan fingerprint density at radius 2 is 1.96 bits per heavy atom. The van der Waals surface area contributed by atoms with E-state index in [0.29, 0.717) is 29.4 Å². The van der Waals surface area contributed by atoms with Crippen LogP contribution in [0.5, 0.6) is 0 Å². The van der Waals surface area contributed by atoms with E-state index in [0.717, 1.165) is 5.56 Å². The molecule has 0 aliphatic carbocycles. The highest BCUT2D eigenvalue weighted by atomic mass is 16.6. The molecule has 0 aliphatic rings. The lowest BCUT2D eigenvalue weighted by Gasteiger charge is -2.05. The van der Waals surface area contributed by atoms with Gasteiger partial charge < -0.3 is 10.1 Å². The number of pyridine rings is 1. The van der Waals surface area contributed by atoms with E-state index < -0.39 is 11.0 Å². The van der Waals surface area contributed by atoms with Gasteiger partial charge in [0.2, 0.25) is 0 Å². The van der Waals surface area contributed by atoms with Crippen molar-refractivity contribution in [2.45, 2.75) is 13.0 Å². The van der Waals surface area contributed by atoms with Crippen LogP contribution in [0.15, 0.2) is 60.8 Å². The van der Waals surface area contributed by atoms with E-state index in [2.05, 4.69) is 22.1 Å². The van der Waals surface area contributed by atoms with Gasteiger partial charge in [0, 0.05) is 25.2 Å². The van der Waals surface area contributed by atoms with Gasteiger partial charge in [-0.3, -0.25) is 15.1 Å². The highest BCUT2D eigenvalue weighted by Gasteiger charge is 2.13. The Balaban J connectivity index is 1.54. The number of nitrogens with one attached hydrogen (secondary N) is 1. The zero-order valence-electron chi connectivity index (χ0n) is 14.9. The van der Waals surface area contributed by atoms with E-state index in [9.17, 15) is 14.9 Å². The Morgan fingerprint density at radius 3 is 2.75 bits per heavy atom. The van der Waals surface area contributed by atoms with Crippen molar-refractivity contribution >= 4 is 22.7 Å². The minimum absolute atomic E-state index is 0.00326. The van der Waals surface area contributed by atoms with Gasteiger partial charge in [0.15, 0.2) is 0 Å². The van der Waals surface area contributed by atoms with Crippen LogP contribution in [0.2, 0.25) is 0 Å². The Morgan fingerprint density at radius 1 is 1.14 bits per heavy atom. The molecule has 140 valence electrons. The van der Waals surface area contributed by atoms with Crippen LogP contribution in [0.1, 0.15) is 17.5 Å². The molecule has 0 aliphatic heterocycles. The molecule has 1 heterocycles. The Hall–Kier alpha value is -3.92. The molecular formula is C21H17N3O4.